The van der Waals surface area contributed by atoms with E-state index in [1.165, 1.54) is 0 Å². The van der Waals surface area contributed by atoms with Gasteiger partial charge in [-0.15, -0.1) is 0 Å². The highest BCUT2D eigenvalue weighted by molar-refractivity contribution is 6.34. The third-order valence-corrected chi connectivity index (χ3v) is 6.55. The number of hydrogen-bond acceptors (Lipinski definition) is 3. The highest BCUT2D eigenvalue weighted by Gasteiger charge is 2.27. The predicted octanol–water partition coefficient (Wildman–Crippen LogP) is 3.87. The van der Waals surface area contributed by atoms with Crippen LogP contribution >= 0.6 is 11.6 Å². The van der Waals surface area contributed by atoms with E-state index in [0.29, 0.717) is 48.6 Å². The highest BCUT2D eigenvalue weighted by Crippen LogP contribution is 2.32. The minimum Gasteiger partial charge on any atom is -0.369 e. The Morgan fingerprint density at radius 3 is 2.61 bits per heavy atom. The maximum absolute atomic E-state index is 13.0. The van der Waals surface area contributed by atoms with Crippen molar-refractivity contribution in [1.82, 2.24) is 14.5 Å². The first-order chi connectivity index (χ1) is 15.8. The molecule has 3 N–H and O–H groups in total. The minimum absolute atomic E-state index is 0.0859. The van der Waals surface area contributed by atoms with E-state index in [0.717, 1.165) is 22.2 Å². The van der Waals surface area contributed by atoms with Crippen LogP contribution in [0, 0.1) is 12.8 Å². The fraction of sp³-hybridized carbons (Fsp3) is 0.320. The number of aromatic nitrogens is 2. The van der Waals surface area contributed by atoms with E-state index in [1.807, 2.05) is 44.3 Å². The van der Waals surface area contributed by atoms with Crippen LogP contribution in [0.4, 0.5) is 0 Å². The summed E-state index contributed by atoms with van der Waals surface area (Å²) >= 11 is 6.57. The van der Waals surface area contributed by atoms with Crippen molar-refractivity contribution < 1.29 is 9.59 Å². The second kappa shape index (κ2) is 9.27. The van der Waals surface area contributed by atoms with Crippen LogP contribution < -0.4 is 11.3 Å². The Labute approximate surface area is 196 Å². The number of rotatable bonds is 5. The van der Waals surface area contributed by atoms with Gasteiger partial charge >= 0.3 is 0 Å². The van der Waals surface area contributed by atoms with Gasteiger partial charge in [0.1, 0.15) is 5.52 Å². The van der Waals surface area contributed by atoms with Crippen molar-refractivity contribution in [2.75, 3.05) is 13.1 Å². The van der Waals surface area contributed by atoms with Crippen molar-refractivity contribution >= 4 is 34.3 Å². The molecule has 1 fully saturated rings. The average Bonchev–Trinajstić information content (AvgIpc) is 3.20. The largest absolute Gasteiger partial charge is 0.369 e. The van der Waals surface area contributed by atoms with E-state index in [4.69, 9.17) is 17.3 Å². The molecule has 0 aliphatic carbocycles. The number of hydrogen-bond donors (Lipinski definition) is 2. The quantitative estimate of drug-likeness (QED) is 0.558. The van der Waals surface area contributed by atoms with Gasteiger partial charge in [-0.05, 0) is 50.5 Å². The third kappa shape index (κ3) is 4.46. The summed E-state index contributed by atoms with van der Waals surface area (Å²) < 4.78 is 1.66. The van der Waals surface area contributed by atoms with Crippen molar-refractivity contribution in [3.05, 3.63) is 69.2 Å². The van der Waals surface area contributed by atoms with E-state index in [9.17, 15) is 14.4 Å². The van der Waals surface area contributed by atoms with Gasteiger partial charge in [-0.2, -0.15) is 0 Å². The zero-order valence-electron chi connectivity index (χ0n) is 18.7. The molecule has 1 saturated heterocycles. The minimum atomic E-state index is -0.313. The fourth-order valence-electron chi connectivity index (χ4n) is 4.38. The molecule has 8 heteroatoms. The molecule has 3 aromatic rings. The molecule has 172 valence electrons. The Kier molecular flexibility index (Phi) is 6.42. The number of H-pyrrole nitrogens is 1. The maximum atomic E-state index is 13.0. The van der Waals surface area contributed by atoms with Gasteiger partial charge in [0.25, 0.3) is 11.5 Å². The van der Waals surface area contributed by atoms with Gasteiger partial charge < -0.3 is 20.2 Å². The summed E-state index contributed by atoms with van der Waals surface area (Å²) in [6.07, 6.45) is 6.78. The standard InChI is InChI=1S/C25H27ClN4O3/c1-3-4-9-30-14-20(19-12-15(2)28-22(19)25(30)33)17-5-6-18(21(26)13-17)24(32)29-10-7-16(8-11-29)23(27)31/h3-6,12-14,16,28H,7-11H2,1-2H3,(H2,27,31)/b4-3+. The van der Waals surface area contributed by atoms with Crippen LogP contribution in [0.1, 0.15) is 35.8 Å². The van der Waals surface area contributed by atoms with Gasteiger partial charge in [-0.25, -0.2) is 0 Å². The lowest BCUT2D eigenvalue weighted by molar-refractivity contribution is -0.123. The van der Waals surface area contributed by atoms with E-state index < -0.39 is 0 Å². The topological polar surface area (TPSA) is 101 Å². The Morgan fingerprint density at radius 2 is 1.97 bits per heavy atom. The molecule has 33 heavy (non-hydrogen) atoms. The summed E-state index contributed by atoms with van der Waals surface area (Å²) in [4.78, 5) is 42.2. The molecule has 1 aliphatic rings. The van der Waals surface area contributed by atoms with E-state index in [1.54, 1.807) is 21.6 Å². The molecular formula is C25H27ClN4O3. The molecule has 0 radical (unpaired) electrons. The molecule has 4 rings (SSSR count). The highest BCUT2D eigenvalue weighted by atomic mass is 35.5. The number of aromatic amines is 1. The molecule has 7 nitrogen and oxygen atoms in total. The summed E-state index contributed by atoms with van der Waals surface area (Å²) in [5.74, 6) is -0.654. The SMILES string of the molecule is C/C=C/Cn1cc(-c2ccc(C(=O)N3CCC(C(N)=O)CC3)c(Cl)c2)c2cc(C)[nH]c2c1=O. The molecule has 0 bridgehead atoms. The number of likely N-dealkylation sites (tertiary alicyclic amines) is 1. The van der Waals surface area contributed by atoms with Gasteiger partial charge in [0.05, 0.1) is 10.6 Å². The molecule has 1 aliphatic heterocycles. The molecular weight excluding hydrogens is 440 g/mol. The predicted molar refractivity (Wildman–Crippen MR) is 130 cm³/mol. The summed E-state index contributed by atoms with van der Waals surface area (Å²) in [6, 6.07) is 7.30. The Bertz CT molecular complexity index is 1310. The number of fused-ring (bicyclic) bond motifs is 1. The van der Waals surface area contributed by atoms with E-state index in [2.05, 4.69) is 4.98 Å². The first-order valence-electron chi connectivity index (χ1n) is 11.0. The molecule has 2 aromatic heterocycles. The summed E-state index contributed by atoms with van der Waals surface area (Å²) in [7, 11) is 0. The number of nitrogens with one attached hydrogen (secondary N) is 1. The summed E-state index contributed by atoms with van der Waals surface area (Å²) in [5.41, 5.74) is 8.85. The normalized spacial score (nSPS) is 14.9. The third-order valence-electron chi connectivity index (χ3n) is 6.24. The molecule has 2 amide bonds. The van der Waals surface area contributed by atoms with Crippen LogP contribution in [-0.4, -0.2) is 39.4 Å². The van der Waals surface area contributed by atoms with E-state index >= 15 is 0 Å². The van der Waals surface area contributed by atoms with Crippen LogP contribution in [0.2, 0.25) is 5.02 Å². The van der Waals surface area contributed by atoms with Crippen LogP contribution in [0.15, 0.2) is 47.4 Å². The Balaban J connectivity index is 1.68. The second-order valence-corrected chi connectivity index (χ2v) is 8.88. The lowest BCUT2D eigenvalue weighted by Gasteiger charge is -2.30. The van der Waals surface area contributed by atoms with Crippen molar-refractivity contribution in [3.8, 4) is 11.1 Å². The Hall–Kier alpha value is -3.32. The van der Waals surface area contributed by atoms with E-state index in [-0.39, 0.29) is 23.3 Å². The second-order valence-electron chi connectivity index (χ2n) is 8.47. The van der Waals surface area contributed by atoms with Crippen molar-refractivity contribution in [3.63, 3.8) is 0 Å². The number of primary amides is 1. The lowest BCUT2D eigenvalue weighted by atomic mass is 9.95. The fourth-order valence-corrected chi connectivity index (χ4v) is 4.64. The lowest BCUT2D eigenvalue weighted by Crippen LogP contribution is -2.41. The number of halogens is 1. The number of benzene rings is 1. The maximum Gasteiger partial charge on any atom is 0.275 e. The number of carbonyl (C=O) groups is 2. The van der Waals surface area contributed by atoms with Gasteiger partial charge in [0, 0.05) is 48.4 Å². The van der Waals surface area contributed by atoms with Crippen molar-refractivity contribution in [1.29, 1.82) is 0 Å². The zero-order valence-corrected chi connectivity index (χ0v) is 19.5. The van der Waals surface area contributed by atoms with Crippen LogP contribution in [0.25, 0.3) is 22.0 Å². The first kappa shape index (κ1) is 22.9. The monoisotopic (exact) mass is 466 g/mol. The number of carbonyl (C=O) groups excluding carboxylic acids is 2. The molecule has 0 unspecified atom stereocenters. The number of aryl methyl sites for hydroxylation is 1. The van der Waals surface area contributed by atoms with Crippen molar-refractivity contribution in [2.45, 2.75) is 33.2 Å². The number of nitrogens with two attached hydrogens (primary N) is 1. The van der Waals surface area contributed by atoms with Gasteiger partial charge in [0.15, 0.2) is 0 Å². The Morgan fingerprint density at radius 1 is 1.24 bits per heavy atom. The smallest absolute Gasteiger partial charge is 0.275 e. The van der Waals surface area contributed by atoms with Crippen LogP contribution in [0.3, 0.4) is 0 Å². The number of piperidine rings is 1. The number of allylic oxidation sites excluding steroid dienone is 2. The molecule has 3 heterocycles. The number of pyridine rings is 1. The molecule has 0 atom stereocenters. The molecule has 1 aromatic carbocycles. The van der Waals surface area contributed by atoms with Gasteiger partial charge in [-0.3, -0.25) is 14.4 Å². The van der Waals surface area contributed by atoms with Crippen LogP contribution in [0.5, 0.6) is 0 Å². The number of amides is 2. The summed E-state index contributed by atoms with van der Waals surface area (Å²) in [5, 5.41) is 1.17. The first-order valence-corrected chi connectivity index (χ1v) is 11.4. The molecule has 0 saturated carbocycles. The number of nitrogens with zero attached hydrogens (tertiary/aromatic N) is 2. The van der Waals surface area contributed by atoms with Gasteiger partial charge in [-0.1, -0.05) is 29.8 Å². The van der Waals surface area contributed by atoms with Gasteiger partial charge in [0.2, 0.25) is 5.91 Å². The molecule has 0 spiro atoms. The van der Waals surface area contributed by atoms with Crippen molar-refractivity contribution in [2.24, 2.45) is 11.7 Å². The zero-order chi connectivity index (χ0) is 23.7. The summed E-state index contributed by atoms with van der Waals surface area (Å²) in [6.45, 7) is 5.24. The van der Waals surface area contributed by atoms with Crippen LogP contribution in [-0.2, 0) is 11.3 Å². The average molecular weight is 467 g/mol.